The lowest BCUT2D eigenvalue weighted by molar-refractivity contribution is -0.133. The predicted octanol–water partition coefficient (Wildman–Crippen LogP) is 2.08. The summed E-state index contributed by atoms with van der Waals surface area (Å²) in [4.78, 5) is 30.7. The van der Waals surface area contributed by atoms with E-state index < -0.39 is 0 Å². The molecule has 0 unspecified atom stereocenters. The monoisotopic (exact) mass is 386 g/mol. The second-order valence-electron chi connectivity index (χ2n) is 7.51. The first-order chi connectivity index (χ1) is 13.3. The van der Waals surface area contributed by atoms with E-state index in [0.29, 0.717) is 38.3 Å². The molecular formula is C21H27FN4O2. The minimum Gasteiger partial charge on any atom is -0.338 e. The van der Waals surface area contributed by atoms with Crippen LogP contribution in [-0.4, -0.2) is 77.9 Å². The summed E-state index contributed by atoms with van der Waals surface area (Å²) in [5.41, 5.74) is 3.23. The van der Waals surface area contributed by atoms with Gasteiger partial charge < -0.3 is 19.3 Å². The predicted molar refractivity (Wildman–Crippen MR) is 106 cm³/mol. The van der Waals surface area contributed by atoms with Crippen molar-refractivity contribution in [2.75, 3.05) is 46.8 Å². The molecule has 1 saturated heterocycles. The maximum atomic E-state index is 13.2. The molecule has 1 aliphatic rings. The van der Waals surface area contributed by atoms with Crippen molar-refractivity contribution in [1.29, 1.82) is 0 Å². The van der Waals surface area contributed by atoms with Crippen LogP contribution < -0.4 is 0 Å². The third-order valence-electron chi connectivity index (χ3n) is 5.12. The number of nitrogens with zero attached hydrogens (tertiary/aromatic N) is 4. The van der Waals surface area contributed by atoms with Crippen LogP contribution in [0.4, 0.5) is 4.39 Å². The molecule has 28 heavy (non-hydrogen) atoms. The van der Waals surface area contributed by atoms with Gasteiger partial charge >= 0.3 is 0 Å². The molecule has 1 aliphatic heterocycles. The van der Waals surface area contributed by atoms with Crippen LogP contribution in [-0.2, 0) is 4.79 Å². The van der Waals surface area contributed by atoms with Gasteiger partial charge in [-0.15, -0.1) is 0 Å². The number of halogens is 1. The Balaban J connectivity index is 1.73. The van der Waals surface area contributed by atoms with Crippen LogP contribution in [0.15, 0.2) is 30.3 Å². The number of benzene rings is 1. The highest BCUT2D eigenvalue weighted by Crippen LogP contribution is 2.23. The van der Waals surface area contributed by atoms with E-state index in [1.54, 1.807) is 17.0 Å². The molecule has 0 N–H and O–H groups in total. The number of hydrogen-bond donors (Lipinski definition) is 0. The fraction of sp³-hybridized carbons (Fsp3) is 0.429. The average molecular weight is 386 g/mol. The van der Waals surface area contributed by atoms with E-state index in [0.717, 1.165) is 17.1 Å². The Hall–Kier alpha value is -2.67. The van der Waals surface area contributed by atoms with Gasteiger partial charge in [0.15, 0.2) is 0 Å². The summed E-state index contributed by atoms with van der Waals surface area (Å²) in [6.45, 7) is 6.37. The zero-order valence-electron chi connectivity index (χ0n) is 16.9. The highest BCUT2D eigenvalue weighted by atomic mass is 19.1. The normalized spacial score (nSPS) is 14.6. The molecular weight excluding hydrogens is 359 g/mol. The van der Waals surface area contributed by atoms with E-state index in [1.807, 2.05) is 48.4 Å². The molecule has 150 valence electrons. The van der Waals surface area contributed by atoms with E-state index in [9.17, 15) is 14.0 Å². The third kappa shape index (κ3) is 4.09. The largest absolute Gasteiger partial charge is 0.338 e. The molecule has 2 aromatic rings. The number of aromatic nitrogens is 1. The Labute approximate surface area is 165 Å². The fourth-order valence-electron chi connectivity index (χ4n) is 3.67. The lowest BCUT2D eigenvalue weighted by Gasteiger charge is -2.35. The van der Waals surface area contributed by atoms with Crippen LogP contribution in [0.3, 0.4) is 0 Å². The Morgan fingerprint density at radius 3 is 2.14 bits per heavy atom. The second-order valence-corrected chi connectivity index (χ2v) is 7.51. The summed E-state index contributed by atoms with van der Waals surface area (Å²) >= 11 is 0. The fourth-order valence-corrected chi connectivity index (χ4v) is 3.67. The van der Waals surface area contributed by atoms with E-state index >= 15 is 0 Å². The summed E-state index contributed by atoms with van der Waals surface area (Å²) in [6, 6.07) is 8.13. The second kappa shape index (κ2) is 8.14. The van der Waals surface area contributed by atoms with Crippen LogP contribution >= 0.6 is 0 Å². The number of carbonyl (C=O) groups excluding carboxylic acids is 2. The Bertz CT molecular complexity index is 865. The van der Waals surface area contributed by atoms with E-state index in [4.69, 9.17) is 0 Å². The molecule has 0 saturated carbocycles. The lowest BCUT2D eigenvalue weighted by atomic mass is 10.2. The third-order valence-corrected chi connectivity index (χ3v) is 5.12. The highest BCUT2D eigenvalue weighted by Gasteiger charge is 2.27. The molecule has 2 amide bonds. The molecule has 0 aliphatic carbocycles. The number of rotatable bonds is 4. The molecule has 0 spiro atoms. The van der Waals surface area contributed by atoms with Crippen LogP contribution in [0.1, 0.15) is 21.7 Å². The van der Waals surface area contributed by atoms with Crippen molar-refractivity contribution in [3.8, 4) is 5.69 Å². The van der Waals surface area contributed by atoms with Crippen LogP contribution in [0, 0.1) is 19.7 Å². The molecule has 7 heteroatoms. The molecule has 3 rings (SSSR count). The van der Waals surface area contributed by atoms with Gasteiger partial charge in [0.05, 0.1) is 12.1 Å². The average Bonchev–Trinajstić information content (AvgIpc) is 2.96. The van der Waals surface area contributed by atoms with Gasteiger partial charge in [-0.2, -0.15) is 0 Å². The van der Waals surface area contributed by atoms with Crippen molar-refractivity contribution in [1.82, 2.24) is 19.3 Å². The summed E-state index contributed by atoms with van der Waals surface area (Å²) < 4.78 is 15.2. The first-order valence-electron chi connectivity index (χ1n) is 9.44. The Morgan fingerprint density at radius 2 is 1.57 bits per heavy atom. The van der Waals surface area contributed by atoms with E-state index in [2.05, 4.69) is 0 Å². The molecule has 1 aromatic heterocycles. The van der Waals surface area contributed by atoms with Gasteiger partial charge in [0.25, 0.3) is 5.91 Å². The first kappa shape index (κ1) is 20.1. The summed E-state index contributed by atoms with van der Waals surface area (Å²) in [6.07, 6.45) is 0. The zero-order valence-corrected chi connectivity index (χ0v) is 16.9. The van der Waals surface area contributed by atoms with Gasteiger partial charge in [0.2, 0.25) is 5.91 Å². The SMILES string of the molecule is Cc1cc(C(=O)N2CCN(C(=O)CN(C)C)CC2)c(C)n1-c1ccc(F)cc1. The first-order valence-corrected chi connectivity index (χ1v) is 9.44. The highest BCUT2D eigenvalue weighted by molar-refractivity contribution is 5.96. The van der Waals surface area contributed by atoms with Crippen LogP contribution in [0.5, 0.6) is 0 Å². The van der Waals surface area contributed by atoms with Gasteiger partial charge in [-0.3, -0.25) is 9.59 Å². The van der Waals surface area contributed by atoms with Gasteiger partial charge in [0.1, 0.15) is 5.82 Å². The van der Waals surface area contributed by atoms with E-state index in [-0.39, 0.29) is 17.6 Å². The van der Waals surface area contributed by atoms with Crippen molar-refractivity contribution in [2.45, 2.75) is 13.8 Å². The summed E-state index contributed by atoms with van der Waals surface area (Å²) in [5, 5.41) is 0. The molecule has 2 heterocycles. The lowest BCUT2D eigenvalue weighted by Crippen LogP contribution is -2.52. The zero-order chi connectivity index (χ0) is 20.4. The number of aryl methyl sites for hydroxylation is 1. The van der Waals surface area contributed by atoms with Crippen molar-refractivity contribution >= 4 is 11.8 Å². The quantitative estimate of drug-likeness (QED) is 0.808. The minimum atomic E-state index is -0.288. The van der Waals surface area contributed by atoms with Crippen LogP contribution in [0.25, 0.3) is 5.69 Å². The topological polar surface area (TPSA) is 48.8 Å². The van der Waals surface area contributed by atoms with Gasteiger partial charge in [-0.1, -0.05) is 0 Å². The number of hydrogen-bond acceptors (Lipinski definition) is 3. The maximum Gasteiger partial charge on any atom is 0.255 e. The van der Waals surface area contributed by atoms with Crippen LogP contribution in [0.2, 0.25) is 0 Å². The van der Waals surface area contributed by atoms with E-state index in [1.165, 1.54) is 12.1 Å². The number of amides is 2. The van der Waals surface area contributed by atoms with Crippen molar-refractivity contribution in [2.24, 2.45) is 0 Å². The summed E-state index contributed by atoms with van der Waals surface area (Å²) in [5.74, 6) is -0.225. The molecule has 0 bridgehead atoms. The van der Waals surface area contributed by atoms with Crippen molar-refractivity contribution in [3.63, 3.8) is 0 Å². The maximum absolute atomic E-state index is 13.2. The molecule has 6 nitrogen and oxygen atoms in total. The van der Waals surface area contributed by atoms with Gasteiger partial charge in [-0.05, 0) is 58.3 Å². The smallest absolute Gasteiger partial charge is 0.255 e. The van der Waals surface area contributed by atoms with Crippen molar-refractivity contribution < 1.29 is 14.0 Å². The molecule has 0 atom stereocenters. The number of likely N-dealkylation sites (N-methyl/N-ethyl adjacent to an activating group) is 1. The molecule has 1 aromatic carbocycles. The number of carbonyl (C=O) groups is 2. The standard InChI is InChI=1S/C21H27FN4O2/c1-15-13-19(16(2)26(15)18-7-5-17(22)6-8-18)21(28)25-11-9-24(10-12-25)20(27)14-23(3)4/h5-8,13H,9-12,14H2,1-4H3. The minimum absolute atomic E-state index is 0.0267. The Kier molecular flexibility index (Phi) is 5.84. The molecule has 1 fully saturated rings. The van der Waals surface area contributed by atoms with Gasteiger partial charge in [-0.25, -0.2) is 4.39 Å². The number of piperazine rings is 1. The van der Waals surface area contributed by atoms with Crippen molar-refractivity contribution in [3.05, 3.63) is 53.1 Å². The molecule has 0 radical (unpaired) electrons. The Morgan fingerprint density at radius 1 is 1.00 bits per heavy atom. The summed E-state index contributed by atoms with van der Waals surface area (Å²) in [7, 11) is 3.74. The van der Waals surface area contributed by atoms with Gasteiger partial charge in [0, 0.05) is 43.3 Å².